The van der Waals surface area contributed by atoms with Crippen LogP contribution in [0.3, 0.4) is 0 Å². The average molecular weight is 411 g/mol. The highest BCUT2D eigenvalue weighted by Crippen LogP contribution is 2.24. The van der Waals surface area contributed by atoms with Crippen molar-refractivity contribution in [2.24, 2.45) is 4.99 Å². The Morgan fingerprint density at radius 1 is 1.23 bits per heavy atom. The Bertz CT molecular complexity index is 1040. The summed E-state index contributed by atoms with van der Waals surface area (Å²) < 4.78 is 11.0. The minimum Gasteiger partial charge on any atom is -0.595 e. The minimum absolute atomic E-state index is 0.0568. The Labute approximate surface area is 173 Å². The van der Waals surface area contributed by atoms with E-state index in [1.807, 2.05) is 30.3 Å². The van der Waals surface area contributed by atoms with Gasteiger partial charge in [-0.25, -0.2) is 4.98 Å². The summed E-state index contributed by atoms with van der Waals surface area (Å²) in [5, 5.41) is 23.3. The zero-order valence-corrected chi connectivity index (χ0v) is 17.0. The van der Waals surface area contributed by atoms with Gasteiger partial charge in [-0.05, 0) is 11.6 Å². The van der Waals surface area contributed by atoms with Gasteiger partial charge in [-0.1, -0.05) is 51.1 Å². The van der Waals surface area contributed by atoms with Crippen molar-refractivity contribution < 1.29 is 19.5 Å². The second-order valence-electron chi connectivity index (χ2n) is 7.71. The van der Waals surface area contributed by atoms with Crippen molar-refractivity contribution in [1.82, 2.24) is 9.97 Å². The quantitative estimate of drug-likeness (QED) is 0.275. The monoisotopic (exact) mass is 411 g/mol. The number of nitro benzene ring substituents is 1. The Morgan fingerprint density at radius 3 is 2.63 bits per heavy atom. The maximum absolute atomic E-state index is 12.3. The lowest BCUT2D eigenvalue weighted by molar-refractivity contribution is -0.384. The largest absolute Gasteiger partial charge is 0.595 e. The van der Waals surface area contributed by atoms with Crippen LogP contribution >= 0.6 is 0 Å². The first-order valence-corrected chi connectivity index (χ1v) is 9.41. The fourth-order valence-corrected chi connectivity index (χ4v) is 2.74. The summed E-state index contributed by atoms with van der Waals surface area (Å²) in [4.78, 5) is 22.1. The van der Waals surface area contributed by atoms with Crippen LogP contribution in [0.1, 0.15) is 38.2 Å². The van der Waals surface area contributed by atoms with Crippen molar-refractivity contribution in [3.8, 4) is 0 Å². The molecule has 0 radical (unpaired) electrons. The predicted octanol–water partition coefficient (Wildman–Crippen LogP) is 3.26. The van der Waals surface area contributed by atoms with Gasteiger partial charge in [0.05, 0.1) is 29.2 Å². The number of H-pyrrole nitrogens is 1. The van der Waals surface area contributed by atoms with Crippen molar-refractivity contribution in [2.75, 3.05) is 6.61 Å². The van der Waals surface area contributed by atoms with E-state index < -0.39 is 22.7 Å². The van der Waals surface area contributed by atoms with Crippen molar-refractivity contribution in [1.29, 1.82) is 0 Å². The molecule has 3 rings (SSSR count). The molecule has 0 saturated carbocycles. The molecular weight excluding hydrogens is 388 g/mol. The Balaban J connectivity index is 1.84. The predicted molar refractivity (Wildman–Crippen MR) is 110 cm³/mol. The summed E-state index contributed by atoms with van der Waals surface area (Å²) in [6, 6.07) is 13.2. The third-order valence-electron chi connectivity index (χ3n) is 4.05. The van der Waals surface area contributed by atoms with E-state index in [9.17, 15) is 15.2 Å². The maximum atomic E-state index is 12.3. The van der Waals surface area contributed by atoms with E-state index in [0.717, 1.165) is 5.56 Å². The third-order valence-corrected chi connectivity index (χ3v) is 4.05. The van der Waals surface area contributed by atoms with Gasteiger partial charge in [0, 0.05) is 17.7 Å². The molecule has 0 bridgehead atoms. The molecule has 2 aromatic carbocycles. The third kappa shape index (κ3) is 5.77. The summed E-state index contributed by atoms with van der Waals surface area (Å²) >= 11 is 0. The summed E-state index contributed by atoms with van der Waals surface area (Å²) in [5.41, 5.74) is 1.24. The number of imidazole rings is 1. The van der Waals surface area contributed by atoms with Crippen molar-refractivity contribution in [3.05, 3.63) is 70.0 Å². The SMILES string of the molecule is CC(C)(C)OC([O-])=NC(COCc1ccccc1)c1nc2ccc([N+](=O)[O-])cc2[nH]1. The second-order valence-corrected chi connectivity index (χ2v) is 7.71. The lowest BCUT2D eigenvalue weighted by Crippen LogP contribution is -2.32. The molecule has 0 aliphatic rings. The standard InChI is InChI=1S/C21H24N4O5/c1-21(2,3)30-20(26)24-18(13-29-12-14-7-5-4-6-8-14)19-22-16-10-9-15(25(27)28)11-17(16)23-19/h4-11,18H,12-13H2,1-3H3,(H,22,23)(H,24,26)/p-1. The molecule has 158 valence electrons. The number of aliphatic imine (C=N–C) groups is 1. The molecule has 0 saturated heterocycles. The number of rotatable bonds is 7. The molecule has 1 aromatic heterocycles. The van der Waals surface area contributed by atoms with Crippen LogP contribution in [0.5, 0.6) is 0 Å². The van der Waals surface area contributed by atoms with Gasteiger partial charge >= 0.3 is 0 Å². The number of hydrogen-bond donors (Lipinski definition) is 1. The Hall–Kier alpha value is -3.46. The van der Waals surface area contributed by atoms with Crippen molar-refractivity contribution >= 4 is 22.8 Å². The molecule has 0 amide bonds. The summed E-state index contributed by atoms with van der Waals surface area (Å²) in [6.45, 7) is 5.67. The number of hydrogen-bond acceptors (Lipinski definition) is 7. The number of nitrogens with one attached hydrogen (secondary N) is 1. The molecule has 9 heteroatoms. The van der Waals surface area contributed by atoms with Crippen molar-refractivity contribution in [2.45, 2.75) is 39.0 Å². The smallest absolute Gasteiger partial charge is 0.271 e. The van der Waals surface area contributed by atoms with E-state index in [2.05, 4.69) is 15.0 Å². The molecule has 1 atom stereocenters. The van der Waals surface area contributed by atoms with Crippen LogP contribution in [-0.4, -0.2) is 33.2 Å². The number of fused-ring (bicyclic) bond motifs is 1. The molecule has 9 nitrogen and oxygen atoms in total. The number of aromatic nitrogens is 2. The van der Waals surface area contributed by atoms with Crippen LogP contribution in [0.4, 0.5) is 5.69 Å². The molecule has 0 aliphatic carbocycles. The van der Waals surface area contributed by atoms with Crippen LogP contribution in [-0.2, 0) is 16.1 Å². The van der Waals surface area contributed by atoms with E-state index in [1.54, 1.807) is 26.8 Å². The summed E-state index contributed by atoms with van der Waals surface area (Å²) in [7, 11) is 0. The lowest BCUT2D eigenvalue weighted by atomic mass is 10.2. The first-order valence-electron chi connectivity index (χ1n) is 9.41. The highest BCUT2D eigenvalue weighted by atomic mass is 16.6. The summed E-state index contributed by atoms with van der Waals surface area (Å²) in [5.74, 6) is 0.365. The topological polar surface area (TPSA) is 126 Å². The fourth-order valence-electron chi connectivity index (χ4n) is 2.74. The van der Waals surface area contributed by atoms with Gasteiger partial charge in [0.15, 0.2) is 0 Å². The van der Waals surface area contributed by atoms with E-state index in [4.69, 9.17) is 9.47 Å². The number of nitro groups is 1. The first-order chi connectivity index (χ1) is 14.2. The number of aromatic amines is 1. The molecule has 1 N–H and O–H groups in total. The molecular formula is C21H23N4O5-. The van der Waals surface area contributed by atoms with Gasteiger partial charge in [-0.3, -0.25) is 15.1 Å². The molecule has 3 aromatic rings. The van der Waals surface area contributed by atoms with Gasteiger partial charge < -0.3 is 19.6 Å². The zero-order valence-electron chi connectivity index (χ0n) is 17.0. The van der Waals surface area contributed by atoms with Gasteiger partial charge in [0.25, 0.3) is 5.69 Å². The van der Waals surface area contributed by atoms with Gasteiger partial charge in [0.2, 0.25) is 0 Å². The normalized spacial score (nSPS) is 13.4. The first kappa shape index (κ1) is 21.3. The van der Waals surface area contributed by atoms with Crippen LogP contribution in [0.25, 0.3) is 11.0 Å². The van der Waals surface area contributed by atoms with Crippen molar-refractivity contribution in [3.63, 3.8) is 0 Å². The Kier molecular flexibility index (Phi) is 6.31. The minimum atomic E-state index is -0.755. The van der Waals surface area contributed by atoms with Gasteiger partial charge in [-0.15, -0.1) is 0 Å². The highest BCUT2D eigenvalue weighted by molar-refractivity contribution is 5.78. The maximum Gasteiger partial charge on any atom is 0.271 e. The van der Waals surface area contributed by atoms with Crippen LogP contribution in [0.2, 0.25) is 0 Å². The number of non-ortho nitro benzene ring substituents is 1. The number of benzene rings is 2. The Morgan fingerprint density at radius 2 is 1.97 bits per heavy atom. The molecule has 0 fully saturated rings. The lowest BCUT2D eigenvalue weighted by Gasteiger charge is -2.30. The highest BCUT2D eigenvalue weighted by Gasteiger charge is 2.18. The molecule has 1 heterocycles. The second kappa shape index (κ2) is 8.91. The van der Waals surface area contributed by atoms with Crippen LogP contribution < -0.4 is 5.11 Å². The fraction of sp³-hybridized carbons (Fsp3) is 0.333. The van der Waals surface area contributed by atoms with E-state index in [1.165, 1.54) is 12.1 Å². The number of ether oxygens (including phenoxy) is 2. The van der Waals surface area contributed by atoms with Crippen LogP contribution in [0, 0.1) is 10.1 Å². The van der Waals surface area contributed by atoms with Gasteiger partial charge in [-0.2, -0.15) is 0 Å². The summed E-state index contributed by atoms with van der Waals surface area (Å²) in [6.07, 6.45) is -0.734. The van der Waals surface area contributed by atoms with Crippen LogP contribution in [0.15, 0.2) is 53.5 Å². The number of nitrogens with zero attached hydrogens (tertiary/aromatic N) is 3. The molecule has 30 heavy (non-hydrogen) atoms. The molecule has 0 spiro atoms. The van der Waals surface area contributed by atoms with E-state index >= 15 is 0 Å². The molecule has 0 aliphatic heterocycles. The average Bonchev–Trinajstić information content (AvgIpc) is 3.09. The van der Waals surface area contributed by atoms with Gasteiger partial charge in [0.1, 0.15) is 18.0 Å². The van der Waals surface area contributed by atoms with E-state index in [-0.39, 0.29) is 12.3 Å². The van der Waals surface area contributed by atoms with E-state index in [0.29, 0.717) is 23.5 Å². The zero-order chi connectivity index (χ0) is 21.7. The molecule has 1 unspecified atom stereocenters.